The highest BCUT2D eigenvalue weighted by molar-refractivity contribution is 5.31. The number of benzene rings is 1. The largest absolute Gasteiger partial charge is 0.354 e. The Morgan fingerprint density at radius 3 is 3.06 bits per heavy atom. The van der Waals surface area contributed by atoms with E-state index >= 15 is 0 Å². The molecule has 1 aliphatic heterocycles. The van der Waals surface area contributed by atoms with Gasteiger partial charge in [0.25, 0.3) is 0 Å². The molecule has 1 aliphatic rings. The van der Waals surface area contributed by atoms with Crippen LogP contribution in [0.1, 0.15) is 22.9 Å². The first kappa shape index (κ1) is 11.4. The summed E-state index contributed by atoms with van der Waals surface area (Å²) in [7, 11) is 0. The standard InChI is InChI=1S/C15H16N2O/c1-2-6-14-13(5-1)7-9-17-15(14)18-11-12-4-3-8-16-10-12/h1-6,8,10,15,17H,7,9,11H2. The number of hydrogen-bond acceptors (Lipinski definition) is 3. The Morgan fingerprint density at radius 2 is 2.17 bits per heavy atom. The fraction of sp³-hybridized carbons (Fsp3) is 0.267. The van der Waals surface area contributed by atoms with E-state index < -0.39 is 0 Å². The van der Waals surface area contributed by atoms with Gasteiger partial charge in [0.05, 0.1) is 6.61 Å². The van der Waals surface area contributed by atoms with Gasteiger partial charge < -0.3 is 4.74 Å². The maximum Gasteiger partial charge on any atom is 0.135 e. The summed E-state index contributed by atoms with van der Waals surface area (Å²) in [6, 6.07) is 12.4. The van der Waals surface area contributed by atoms with Crippen LogP contribution in [-0.4, -0.2) is 11.5 Å². The van der Waals surface area contributed by atoms with Gasteiger partial charge in [0.2, 0.25) is 0 Å². The molecule has 0 fully saturated rings. The van der Waals surface area contributed by atoms with Crippen molar-refractivity contribution in [3.05, 3.63) is 65.5 Å². The number of hydrogen-bond donors (Lipinski definition) is 1. The monoisotopic (exact) mass is 240 g/mol. The molecule has 3 rings (SSSR count). The minimum Gasteiger partial charge on any atom is -0.354 e. The van der Waals surface area contributed by atoms with Gasteiger partial charge in [-0.3, -0.25) is 10.3 Å². The highest BCUT2D eigenvalue weighted by atomic mass is 16.5. The van der Waals surface area contributed by atoms with Gasteiger partial charge in [-0.15, -0.1) is 0 Å². The van der Waals surface area contributed by atoms with E-state index in [0.29, 0.717) is 6.61 Å². The van der Waals surface area contributed by atoms with Crippen LogP contribution in [0.5, 0.6) is 0 Å². The second-order valence-corrected chi connectivity index (χ2v) is 4.46. The molecule has 3 heteroatoms. The summed E-state index contributed by atoms with van der Waals surface area (Å²) in [5.74, 6) is 0. The Bertz CT molecular complexity index is 513. The molecule has 1 atom stereocenters. The van der Waals surface area contributed by atoms with E-state index in [0.717, 1.165) is 18.5 Å². The first-order valence-electron chi connectivity index (χ1n) is 6.25. The van der Waals surface area contributed by atoms with Crippen LogP contribution in [0.25, 0.3) is 0 Å². The predicted octanol–water partition coefficient (Wildman–Crippen LogP) is 2.44. The minimum absolute atomic E-state index is 0.00449. The minimum atomic E-state index is -0.00449. The van der Waals surface area contributed by atoms with Gasteiger partial charge in [0.15, 0.2) is 0 Å². The molecule has 92 valence electrons. The summed E-state index contributed by atoms with van der Waals surface area (Å²) >= 11 is 0. The molecule has 1 aromatic heterocycles. The molecule has 1 unspecified atom stereocenters. The molecule has 0 aliphatic carbocycles. The Labute approximate surface area is 107 Å². The summed E-state index contributed by atoms with van der Waals surface area (Å²) in [5, 5.41) is 3.40. The topological polar surface area (TPSA) is 34.1 Å². The smallest absolute Gasteiger partial charge is 0.135 e. The lowest BCUT2D eigenvalue weighted by Crippen LogP contribution is -2.31. The van der Waals surface area contributed by atoms with Crippen LogP contribution in [-0.2, 0) is 17.8 Å². The van der Waals surface area contributed by atoms with Crippen LogP contribution in [0, 0.1) is 0 Å². The summed E-state index contributed by atoms with van der Waals surface area (Å²) in [6.45, 7) is 1.55. The van der Waals surface area contributed by atoms with Crippen molar-refractivity contribution in [2.45, 2.75) is 19.3 Å². The summed E-state index contributed by atoms with van der Waals surface area (Å²) in [4.78, 5) is 4.09. The van der Waals surface area contributed by atoms with Gasteiger partial charge in [0.1, 0.15) is 6.23 Å². The highest BCUT2D eigenvalue weighted by Gasteiger charge is 2.19. The van der Waals surface area contributed by atoms with E-state index in [1.807, 2.05) is 18.3 Å². The van der Waals surface area contributed by atoms with E-state index in [-0.39, 0.29) is 6.23 Å². The third-order valence-electron chi connectivity index (χ3n) is 3.20. The lowest BCUT2D eigenvalue weighted by atomic mass is 10.00. The van der Waals surface area contributed by atoms with Crippen LogP contribution < -0.4 is 5.32 Å². The van der Waals surface area contributed by atoms with Crippen LogP contribution in [0.15, 0.2) is 48.8 Å². The fourth-order valence-electron chi connectivity index (χ4n) is 2.28. The maximum atomic E-state index is 5.94. The fourth-order valence-corrected chi connectivity index (χ4v) is 2.28. The zero-order chi connectivity index (χ0) is 12.2. The first-order chi connectivity index (χ1) is 8.93. The molecule has 1 aromatic carbocycles. The molecule has 1 N–H and O–H groups in total. The molecule has 0 saturated heterocycles. The summed E-state index contributed by atoms with van der Waals surface area (Å²) in [6.07, 6.45) is 4.69. The summed E-state index contributed by atoms with van der Waals surface area (Å²) < 4.78 is 5.94. The molecular weight excluding hydrogens is 224 g/mol. The lowest BCUT2D eigenvalue weighted by Gasteiger charge is -2.26. The molecule has 0 amide bonds. The van der Waals surface area contributed by atoms with E-state index in [4.69, 9.17) is 4.74 Å². The number of aromatic nitrogens is 1. The zero-order valence-electron chi connectivity index (χ0n) is 10.2. The highest BCUT2D eigenvalue weighted by Crippen LogP contribution is 2.24. The predicted molar refractivity (Wildman–Crippen MR) is 69.9 cm³/mol. The van der Waals surface area contributed by atoms with E-state index in [2.05, 4.69) is 34.6 Å². The van der Waals surface area contributed by atoms with Gasteiger partial charge in [0, 0.05) is 18.9 Å². The quantitative estimate of drug-likeness (QED) is 0.894. The van der Waals surface area contributed by atoms with Crippen molar-refractivity contribution in [1.29, 1.82) is 0 Å². The average Bonchev–Trinajstić information content (AvgIpc) is 2.46. The molecule has 18 heavy (non-hydrogen) atoms. The number of nitrogens with zero attached hydrogens (tertiary/aromatic N) is 1. The van der Waals surface area contributed by atoms with E-state index in [9.17, 15) is 0 Å². The van der Waals surface area contributed by atoms with Crippen molar-refractivity contribution in [2.24, 2.45) is 0 Å². The number of rotatable bonds is 3. The van der Waals surface area contributed by atoms with Gasteiger partial charge in [-0.2, -0.15) is 0 Å². The normalized spacial score (nSPS) is 18.3. The van der Waals surface area contributed by atoms with Crippen LogP contribution in [0.4, 0.5) is 0 Å². The Morgan fingerprint density at radius 1 is 1.22 bits per heavy atom. The van der Waals surface area contributed by atoms with Crippen LogP contribution in [0.3, 0.4) is 0 Å². The average molecular weight is 240 g/mol. The summed E-state index contributed by atoms with van der Waals surface area (Å²) in [5.41, 5.74) is 3.74. The Hall–Kier alpha value is -1.71. The maximum absolute atomic E-state index is 5.94. The molecule has 0 spiro atoms. The van der Waals surface area contributed by atoms with Crippen molar-refractivity contribution < 1.29 is 4.74 Å². The van der Waals surface area contributed by atoms with E-state index in [1.165, 1.54) is 11.1 Å². The third-order valence-corrected chi connectivity index (χ3v) is 3.20. The molecule has 0 radical (unpaired) electrons. The number of fused-ring (bicyclic) bond motifs is 1. The van der Waals surface area contributed by atoms with Crippen LogP contribution in [0.2, 0.25) is 0 Å². The molecule has 2 heterocycles. The molecule has 0 bridgehead atoms. The van der Waals surface area contributed by atoms with E-state index in [1.54, 1.807) is 6.20 Å². The molecule has 2 aromatic rings. The third kappa shape index (κ3) is 2.42. The number of ether oxygens (including phenoxy) is 1. The van der Waals surface area contributed by atoms with Gasteiger partial charge in [-0.1, -0.05) is 30.3 Å². The van der Waals surface area contributed by atoms with Gasteiger partial charge in [-0.25, -0.2) is 0 Å². The second kappa shape index (κ2) is 5.29. The van der Waals surface area contributed by atoms with Crippen molar-refractivity contribution in [3.63, 3.8) is 0 Å². The number of nitrogens with one attached hydrogen (secondary N) is 1. The zero-order valence-corrected chi connectivity index (χ0v) is 10.2. The van der Waals surface area contributed by atoms with Crippen molar-refractivity contribution >= 4 is 0 Å². The first-order valence-corrected chi connectivity index (χ1v) is 6.25. The van der Waals surface area contributed by atoms with Crippen molar-refractivity contribution in [1.82, 2.24) is 10.3 Å². The Balaban J connectivity index is 1.71. The van der Waals surface area contributed by atoms with Gasteiger partial charge in [-0.05, 0) is 29.2 Å². The van der Waals surface area contributed by atoms with Gasteiger partial charge >= 0.3 is 0 Å². The van der Waals surface area contributed by atoms with Crippen molar-refractivity contribution in [2.75, 3.05) is 6.54 Å². The van der Waals surface area contributed by atoms with Crippen molar-refractivity contribution in [3.8, 4) is 0 Å². The second-order valence-electron chi connectivity index (χ2n) is 4.46. The number of pyridine rings is 1. The van der Waals surface area contributed by atoms with Crippen LogP contribution >= 0.6 is 0 Å². The molecule has 0 saturated carbocycles. The molecule has 3 nitrogen and oxygen atoms in total. The lowest BCUT2D eigenvalue weighted by molar-refractivity contribution is 0.0120. The molecular formula is C15H16N2O. The SMILES string of the molecule is c1cncc(COC2NCCc3ccccc32)c1. The Kier molecular flexibility index (Phi) is 3.35.